The average molecular weight is 654 g/mol. The topological polar surface area (TPSA) is 150 Å². The van der Waals surface area contributed by atoms with Crippen molar-refractivity contribution >= 4 is 29.0 Å². The lowest BCUT2D eigenvalue weighted by atomic mass is 10.1. The van der Waals surface area contributed by atoms with Gasteiger partial charge < -0.3 is 26.4 Å². The van der Waals surface area contributed by atoms with Gasteiger partial charge in [0.05, 0.1) is 35.2 Å². The van der Waals surface area contributed by atoms with Crippen LogP contribution in [0, 0.1) is 12.7 Å². The van der Waals surface area contributed by atoms with Gasteiger partial charge in [0.2, 0.25) is 5.91 Å². The second-order valence-electron chi connectivity index (χ2n) is 10.9. The van der Waals surface area contributed by atoms with E-state index < -0.39 is 60.3 Å². The van der Waals surface area contributed by atoms with Crippen molar-refractivity contribution in [2.24, 2.45) is 0 Å². The monoisotopic (exact) mass is 653 g/mol. The summed E-state index contributed by atoms with van der Waals surface area (Å²) < 4.78 is 83.9. The highest BCUT2D eigenvalue weighted by atomic mass is 19.4. The molecule has 12 nitrogen and oxygen atoms in total. The molecule has 4 aromatic rings. The van der Waals surface area contributed by atoms with Gasteiger partial charge in [-0.15, -0.1) is 0 Å². The number of nitrogens with one attached hydrogen (secondary N) is 4. The maximum atomic E-state index is 15.2. The highest BCUT2D eigenvalue weighted by Gasteiger charge is 2.38. The van der Waals surface area contributed by atoms with Crippen LogP contribution in [0.25, 0.3) is 16.9 Å². The number of aromatic nitrogens is 5. The van der Waals surface area contributed by atoms with Crippen LogP contribution in [-0.4, -0.2) is 78.8 Å². The summed E-state index contributed by atoms with van der Waals surface area (Å²) in [7, 11) is 0. The maximum absolute atomic E-state index is 15.2. The first kappa shape index (κ1) is 32.7. The maximum Gasteiger partial charge on any atom is 0.435 e. The number of aliphatic hydroxyl groups excluding tert-OH is 1. The Labute approximate surface area is 257 Å². The minimum Gasteiger partial charge on any atom is -0.392 e. The van der Waals surface area contributed by atoms with E-state index in [1.165, 1.54) is 29.8 Å². The Morgan fingerprint density at radius 2 is 1.98 bits per heavy atom. The number of rotatable bonds is 10. The lowest BCUT2D eigenvalue weighted by molar-refractivity contribution is -0.141. The van der Waals surface area contributed by atoms with Crippen LogP contribution >= 0.6 is 0 Å². The molecule has 1 aliphatic rings. The number of aliphatic hydroxyl groups is 1. The number of anilines is 2. The van der Waals surface area contributed by atoms with E-state index in [1.54, 1.807) is 6.92 Å². The van der Waals surface area contributed by atoms with Gasteiger partial charge in [-0.1, -0.05) is 0 Å². The third-order valence-electron chi connectivity index (χ3n) is 7.22. The molecule has 5 N–H and O–H groups in total. The number of fused-ring (bicyclic) bond motifs is 1. The molecule has 0 unspecified atom stereocenters. The van der Waals surface area contributed by atoms with Crippen LogP contribution < -0.4 is 21.3 Å². The van der Waals surface area contributed by atoms with E-state index in [1.807, 2.05) is 0 Å². The highest BCUT2D eigenvalue weighted by molar-refractivity contribution is 5.96. The fourth-order valence-electron chi connectivity index (χ4n) is 5.14. The average Bonchev–Trinajstić information content (AvgIpc) is 3.69. The summed E-state index contributed by atoms with van der Waals surface area (Å²) in [6.45, 7) is 2.48. The first-order valence-electron chi connectivity index (χ1n) is 14.0. The summed E-state index contributed by atoms with van der Waals surface area (Å²) in [5.41, 5.74) is -1.72. The zero-order valence-corrected chi connectivity index (χ0v) is 24.4. The standard InChI is InChI=1S/C28H29F6N9O3/c1-13-5-15(6-18(29)22(13)27(46)39-14(2)8-38-26(45)19-7-16(44)9-36-19)40-24-25-37-10-20(43(25)4-3-35-24)17-11-42(12-21(30)31)41-23(17)28(32,33)34/h3-6,10-11,14,16,19,21,36,44H,7-9,12H2,1-2H3,(H,35,40)(H,38,45)(H,39,46)/t14-,16-,19+/m1/s1. The van der Waals surface area contributed by atoms with Gasteiger partial charge in [-0.05, 0) is 38.0 Å². The fourth-order valence-corrected chi connectivity index (χ4v) is 5.14. The second kappa shape index (κ2) is 13.0. The van der Waals surface area contributed by atoms with E-state index in [9.17, 15) is 36.6 Å². The molecule has 3 atom stereocenters. The molecule has 1 aliphatic heterocycles. The minimum absolute atomic E-state index is 0.0342. The molecule has 46 heavy (non-hydrogen) atoms. The van der Waals surface area contributed by atoms with Crippen molar-refractivity contribution in [1.29, 1.82) is 0 Å². The van der Waals surface area contributed by atoms with Gasteiger partial charge in [0, 0.05) is 43.4 Å². The minimum atomic E-state index is -4.94. The van der Waals surface area contributed by atoms with Gasteiger partial charge in [-0.2, -0.15) is 18.3 Å². The van der Waals surface area contributed by atoms with Crippen molar-refractivity contribution in [3.63, 3.8) is 0 Å². The number of nitrogens with zero attached hydrogens (tertiary/aromatic N) is 5. The Morgan fingerprint density at radius 3 is 2.63 bits per heavy atom. The summed E-state index contributed by atoms with van der Waals surface area (Å²) >= 11 is 0. The Bertz CT molecular complexity index is 1730. The Balaban J connectivity index is 1.32. The predicted octanol–water partition coefficient (Wildman–Crippen LogP) is 3.03. The van der Waals surface area contributed by atoms with Crippen molar-refractivity contribution < 1.29 is 41.0 Å². The van der Waals surface area contributed by atoms with E-state index >= 15 is 4.39 Å². The van der Waals surface area contributed by atoms with Crippen molar-refractivity contribution in [1.82, 2.24) is 40.1 Å². The Morgan fingerprint density at radius 1 is 1.22 bits per heavy atom. The molecular weight excluding hydrogens is 624 g/mol. The summed E-state index contributed by atoms with van der Waals surface area (Å²) in [4.78, 5) is 33.4. The zero-order chi connectivity index (χ0) is 33.3. The predicted molar refractivity (Wildman–Crippen MR) is 152 cm³/mol. The smallest absolute Gasteiger partial charge is 0.392 e. The molecule has 246 valence electrons. The largest absolute Gasteiger partial charge is 0.435 e. The Hall–Kier alpha value is -4.71. The van der Waals surface area contributed by atoms with Crippen molar-refractivity contribution in [2.75, 3.05) is 18.4 Å². The van der Waals surface area contributed by atoms with Crippen LogP contribution in [0.5, 0.6) is 0 Å². The van der Waals surface area contributed by atoms with Gasteiger partial charge in [0.1, 0.15) is 12.4 Å². The number of carbonyl (C=O) groups is 2. The van der Waals surface area contributed by atoms with E-state index in [0.717, 1.165) is 18.5 Å². The van der Waals surface area contributed by atoms with E-state index in [4.69, 9.17) is 0 Å². The van der Waals surface area contributed by atoms with Gasteiger partial charge in [0.25, 0.3) is 12.3 Å². The third-order valence-corrected chi connectivity index (χ3v) is 7.22. The highest BCUT2D eigenvalue weighted by Crippen LogP contribution is 2.37. The zero-order valence-electron chi connectivity index (χ0n) is 24.4. The molecule has 0 aliphatic carbocycles. The molecular formula is C28H29F6N9O3. The van der Waals surface area contributed by atoms with Gasteiger partial charge >= 0.3 is 6.18 Å². The van der Waals surface area contributed by atoms with Crippen LogP contribution in [0.4, 0.5) is 37.8 Å². The SMILES string of the molecule is Cc1cc(Nc2nccn3c(-c4cn(CC(F)F)nc4C(F)(F)F)cnc23)cc(F)c1C(=O)N[C@H](C)CNC(=O)[C@@H]1C[C@@H](O)CN1. The number of hydrogen-bond donors (Lipinski definition) is 5. The van der Waals surface area contributed by atoms with Crippen LogP contribution in [0.2, 0.25) is 0 Å². The molecule has 3 aromatic heterocycles. The first-order valence-corrected chi connectivity index (χ1v) is 14.0. The van der Waals surface area contributed by atoms with Gasteiger partial charge in [-0.25, -0.2) is 23.1 Å². The molecule has 1 aromatic carbocycles. The van der Waals surface area contributed by atoms with Crippen LogP contribution in [0.15, 0.2) is 36.9 Å². The number of benzene rings is 1. The molecule has 4 heterocycles. The van der Waals surface area contributed by atoms with Gasteiger partial charge in [0.15, 0.2) is 17.2 Å². The van der Waals surface area contributed by atoms with Gasteiger partial charge in [-0.3, -0.25) is 18.7 Å². The number of alkyl halides is 5. The van der Waals surface area contributed by atoms with Crippen LogP contribution in [-0.2, 0) is 17.5 Å². The molecule has 5 rings (SSSR count). The van der Waals surface area contributed by atoms with Crippen LogP contribution in [0.3, 0.4) is 0 Å². The lowest BCUT2D eigenvalue weighted by Gasteiger charge is -2.18. The number of imidazole rings is 1. The van der Waals surface area contributed by atoms with E-state index in [2.05, 4.69) is 36.3 Å². The summed E-state index contributed by atoms with van der Waals surface area (Å²) in [5, 5.41) is 23.9. The molecule has 0 radical (unpaired) electrons. The third kappa shape index (κ3) is 7.07. The van der Waals surface area contributed by atoms with Crippen molar-refractivity contribution in [3.05, 3.63) is 59.6 Å². The number of aryl methyl sites for hydroxylation is 1. The fraction of sp³-hybridized carbons (Fsp3) is 0.393. The number of hydrogen-bond acceptors (Lipinski definition) is 8. The van der Waals surface area contributed by atoms with Crippen molar-refractivity contribution in [3.8, 4) is 11.3 Å². The first-order chi connectivity index (χ1) is 21.7. The summed E-state index contributed by atoms with van der Waals surface area (Å²) in [6.07, 6.45) is -3.65. The number of β-amino-alcohol motifs (C(OH)–C–C–N with tert-alkyl or cyclic N) is 1. The van der Waals surface area contributed by atoms with Crippen LogP contribution in [0.1, 0.15) is 35.0 Å². The summed E-state index contributed by atoms with van der Waals surface area (Å²) in [5.74, 6) is -1.89. The lowest BCUT2D eigenvalue weighted by Crippen LogP contribution is -2.47. The number of amides is 2. The normalized spacial score (nSPS) is 17.4. The molecule has 0 spiro atoms. The molecule has 18 heteroatoms. The van der Waals surface area contributed by atoms with E-state index in [0.29, 0.717) is 11.2 Å². The number of carbonyl (C=O) groups excluding carboxylic acids is 2. The molecule has 1 fully saturated rings. The van der Waals surface area contributed by atoms with Crippen molar-refractivity contribution in [2.45, 2.75) is 57.6 Å². The molecule has 0 saturated carbocycles. The molecule has 0 bridgehead atoms. The Kier molecular flexibility index (Phi) is 9.20. The molecule has 2 amide bonds. The quantitative estimate of drug-likeness (QED) is 0.164. The second-order valence-corrected chi connectivity index (χ2v) is 10.9. The molecule has 1 saturated heterocycles. The summed E-state index contributed by atoms with van der Waals surface area (Å²) in [6, 6.07) is 1.40. The number of halogens is 6. The van der Waals surface area contributed by atoms with E-state index in [-0.39, 0.29) is 52.8 Å².